The molecule has 1 aliphatic carbocycles. The molecule has 2 fully saturated rings. The third kappa shape index (κ3) is 2.81. The molecule has 1 saturated carbocycles. The number of carbonyl (C=O) groups is 1. The Bertz CT molecular complexity index is 450. The van der Waals surface area contributed by atoms with E-state index in [1.165, 1.54) is 25.7 Å². The van der Waals surface area contributed by atoms with Gasteiger partial charge in [-0.25, -0.2) is 4.98 Å². The van der Waals surface area contributed by atoms with Crippen LogP contribution in [-0.2, 0) is 0 Å². The van der Waals surface area contributed by atoms with Crippen molar-refractivity contribution in [3.8, 4) is 0 Å². The van der Waals surface area contributed by atoms with Crippen LogP contribution in [0.3, 0.4) is 0 Å². The largest absolute Gasteiger partial charge is 0.347 e. The quantitative estimate of drug-likeness (QED) is 0.867. The molecule has 19 heavy (non-hydrogen) atoms. The van der Waals surface area contributed by atoms with Gasteiger partial charge in [0.05, 0.1) is 6.20 Å². The highest BCUT2D eigenvalue weighted by molar-refractivity contribution is 5.92. The number of aromatic amines is 1. The van der Waals surface area contributed by atoms with Gasteiger partial charge in [0.15, 0.2) is 0 Å². The molecule has 1 aromatic rings. The van der Waals surface area contributed by atoms with E-state index in [9.17, 15) is 4.79 Å². The predicted molar refractivity (Wildman–Crippen MR) is 73.0 cm³/mol. The lowest BCUT2D eigenvalue weighted by atomic mass is 10.2. The van der Waals surface area contributed by atoms with E-state index in [-0.39, 0.29) is 11.9 Å². The Hall–Kier alpha value is -1.36. The van der Waals surface area contributed by atoms with E-state index in [1.54, 1.807) is 6.20 Å². The second-order valence-electron chi connectivity index (χ2n) is 5.77. The SMILES string of the molecule is Cc1ncc(C(=O)NC2CCN(C3CCCC3)C2)[nH]1. The molecule has 0 spiro atoms. The van der Waals surface area contributed by atoms with Crippen LogP contribution in [0.2, 0.25) is 0 Å². The minimum Gasteiger partial charge on any atom is -0.347 e. The van der Waals surface area contributed by atoms with Crippen LogP contribution >= 0.6 is 0 Å². The summed E-state index contributed by atoms with van der Waals surface area (Å²) in [4.78, 5) is 21.6. The maximum absolute atomic E-state index is 12.0. The first-order valence-corrected chi connectivity index (χ1v) is 7.29. The van der Waals surface area contributed by atoms with Gasteiger partial charge in [-0.1, -0.05) is 12.8 Å². The van der Waals surface area contributed by atoms with Crippen LogP contribution in [-0.4, -0.2) is 45.9 Å². The smallest absolute Gasteiger partial charge is 0.269 e. The van der Waals surface area contributed by atoms with Crippen LogP contribution < -0.4 is 5.32 Å². The number of likely N-dealkylation sites (tertiary alicyclic amines) is 1. The summed E-state index contributed by atoms with van der Waals surface area (Å²) in [6.45, 7) is 3.98. The number of amides is 1. The topological polar surface area (TPSA) is 61.0 Å². The fraction of sp³-hybridized carbons (Fsp3) is 0.714. The molecule has 3 rings (SSSR count). The average Bonchev–Trinajstić information content (AvgIpc) is 3.07. The molecule has 1 saturated heterocycles. The van der Waals surface area contributed by atoms with Crippen molar-refractivity contribution in [3.63, 3.8) is 0 Å². The van der Waals surface area contributed by atoms with E-state index < -0.39 is 0 Å². The van der Waals surface area contributed by atoms with Gasteiger partial charge in [0.2, 0.25) is 0 Å². The Kier molecular flexibility index (Phi) is 3.55. The minimum atomic E-state index is -0.0288. The summed E-state index contributed by atoms with van der Waals surface area (Å²) < 4.78 is 0. The summed E-state index contributed by atoms with van der Waals surface area (Å²) in [7, 11) is 0. The number of H-pyrrole nitrogens is 1. The van der Waals surface area contributed by atoms with Crippen LogP contribution in [0.25, 0.3) is 0 Å². The number of rotatable bonds is 3. The summed E-state index contributed by atoms with van der Waals surface area (Å²) in [5, 5.41) is 3.11. The summed E-state index contributed by atoms with van der Waals surface area (Å²) in [5.41, 5.74) is 0.566. The summed E-state index contributed by atoms with van der Waals surface area (Å²) >= 11 is 0. The number of carbonyl (C=O) groups excluding carboxylic acids is 1. The molecule has 1 amide bonds. The lowest BCUT2D eigenvalue weighted by Crippen LogP contribution is -2.39. The molecule has 1 aliphatic heterocycles. The van der Waals surface area contributed by atoms with Crippen LogP contribution in [0.15, 0.2) is 6.20 Å². The Morgan fingerprint density at radius 3 is 2.89 bits per heavy atom. The summed E-state index contributed by atoms with van der Waals surface area (Å²) in [6, 6.07) is 1.05. The molecule has 5 nitrogen and oxygen atoms in total. The monoisotopic (exact) mass is 262 g/mol. The first-order valence-electron chi connectivity index (χ1n) is 7.29. The van der Waals surface area contributed by atoms with Crippen molar-refractivity contribution >= 4 is 5.91 Å². The Labute approximate surface area is 113 Å². The second-order valence-corrected chi connectivity index (χ2v) is 5.77. The predicted octanol–water partition coefficient (Wildman–Crippen LogP) is 1.46. The van der Waals surface area contributed by atoms with Crippen molar-refractivity contribution in [2.75, 3.05) is 13.1 Å². The van der Waals surface area contributed by atoms with E-state index in [0.29, 0.717) is 5.69 Å². The molecule has 5 heteroatoms. The number of aryl methyl sites for hydroxylation is 1. The van der Waals surface area contributed by atoms with Gasteiger partial charge < -0.3 is 10.3 Å². The number of imidazole rings is 1. The molecule has 1 unspecified atom stereocenters. The molecular formula is C14H22N4O. The molecule has 2 heterocycles. The zero-order valence-corrected chi connectivity index (χ0v) is 11.5. The van der Waals surface area contributed by atoms with E-state index in [1.807, 2.05) is 6.92 Å². The number of nitrogens with zero attached hydrogens (tertiary/aromatic N) is 2. The van der Waals surface area contributed by atoms with Crippen molar-refractivity contribution in [2.24, 2.45) is 0 Å². The molecule has 2 N–H and O–H groups in total. The highest BCUT2D eigenvalue weighted by Gasteiger charge is 2.30. The Morgan fingerprint density at radius 1 is 1.42 bits per heavy atom. The molecule has 1 atom stereocenters. The Balaban J connectivity index is 1.52. The zero-order chi connectivity index (χ0) is 13.2. The van der Waals surface area contributed by atoms with Crippen molar-refractivity contribution in [1.82, 2.24) is 20.2 Å². The minimum absolute atomic E-state index is 0.0288. The highest BCUT2D eigenvalue weighted by Crippen LogP contribution is 2.26. The fourth-order valence-electron chi connectivity index (χ4n) is 3.31. The normalized spacial score (nSPS) is 25.0. The molecular weight excluding hydrogens is 240 g/mol. The second kappa shape index (κ2) is 5.33. The van der Waals surface area contributed by atoms with Crippen LogP contribution in [0.5, 0.6) is 0 Å². The van der Waals surface area contributed by atoms with Crippen molar-refractivity contribution in [2.45, 2.75) is 51.1 Å². The third-order valence-corrected chi connectivity index (χ3v) is 4.34. The third-order valence-electron chi connectivity index (χ3n) is 4.34. The van der Waals surface area contributed by atoms with E-state index in [0.717, 1.165) is 31.4 Å². The number of nitrogens with one attached hydrogen (secondary N) is 2. The van der Waals surface area contributed by atoms with Gasteiger partial charge in [-0.3, -0.25) is 9.69 Å². The van der Waals surface area contributed by atoms with Gasteiger partial charge in [0.25, 0.3) is 5.91 Å². The standard InChI is InChI=1S/C14H22N4O/c1-10-15-8-13(16-10)14(19)17-11-6-7-18(9-11)12-4-2-3-5-12/h8,11-12H,2-7,9H2,1H3,(H,15,16)(H,17,19). The van der Waals surface area contributed by atoms with Crippen molar-refractivity contribution in [3.05, 3.63) is 17.7 Å². The average molecular weight is 262 g/mol. The first kappa shape index (κ1) is 12.7. The van der Waals surface area contributed by atoms with Gasteiger partial charge in [-0.15, -0.1) is 0 Å². The van der Waals surface area contributed by atoms with Gasteiger partial charge >= 0.3 is 0 Å². The number of hydrogen-bond acceptors (Lipinski definition) is 3. The lowest BCUT2D eigenvalue weighted by Gasteiger charge is -2.23. The lowest BCUT2D eigenvalue weighted by molar-refractivity contribution is 0.0931. The maximum atomic E-state index is 12.0. The number of aromatic nitrogens is 2. The molecule has 1 aromatic heterocycles. The van der Waals surface area contributed by atoms with E-state index in [2.05, 4.69) is 20.2 Å². The van der Waals surface area contributed by atoms with Gasteiger partial charge in [-0.05, 0) is 26.2 Å². The van der Waals surface area contributed by atoms with Crippen LogP contribution in [0.1, 0.15) is 48.4 Å². The molecule has 2 aliphatic rings. The molecule has 0 bridgehead atoms. The van der Waals surface area contributed by atoms with Gasteiger partial charge in [0, 0.05) is 25.2 Å². The van der Waals surface area contributed by atoms with E-state index in [4.69, 9.17) is 0 Å². The fourth-order valence-corrected chi connectivity index (χ4v) is 3.31. The van der Waals surface area contributed by atoms with Crippen molar-refractivity contribution < 1.29 is 4.79 Å². The Morgan fingerprint density at radius 2 is 2.21 bits per heavy atom. The zero-order valence-electron chi connectivity index (χ0n) is 11.5. The summed E-state index contributed by atoms with van der Waals surface area (Å²) in [5.74, 6) is 0.753. The van der Waals surface area contributed by atoms with Gasteiger partial charge in [-0.2, -0.15) is 0 Å². The van der Waals surface area contributed by atoms with Crippen molar-refractivity contribution in [1.29, 1.82) is 0 Å². The van der Waals surface area contributed by atoms with Crippen LogP contribution in [0.4, 0.5) is 0 Å². The number of hydrogen-bond donors (Lipinski definition) is 2. The molecule has 0 aromatic carbocycles. The summed E-state index contributed by atoms with van der Waals surface area (Å²) in [6.07, 6.45) is 8.07. The first-order chi connectivity index (χ1) is 9.22. The molecule has 104 valence electrons. The highest BCUT2D eigenvalue weighted by atomic mass is 16.2. The van der Waals surface area contributed by atoms with Gasteiger partial charge in [0.1, 0.15) is 11.5 Å². The van der Waals surface area contributed by atoms with E-state index >= 15 is 0 Å². The van der Waals surface area contributed by atoms with Crippen LogP contribution in [0, 0.1) is 6.92 Å². The molecule has 0 radical (unpaired) electrons. The maximum Gasteiger partial charge on any atom is 0.269 e.